The van der Waals surface area contributed by atoms with Crippen LogP contribution in [0.1, 0.15) is 52.7 Å². The summed E-state index contributed by atoms with van der Waals surface area (Å²) in [7, 11) is 0. The molecule has 1 aromatic heterocycles. The molecule has 5 heteroatoms. The van der Waals surface area contributed by atoms with Crippen molar-refractivity contribution in [1.29, 1.82) is 0 Å². The Labute approximate surface area is 183 Å². The number of rotatable bonds is 2. The van der Waals surface area contributed by atoms with Gasteiger partial charge < -0.3 is 13.9 Å². The van der Waals surface area contributed by atoms with Crippen molar-refractivity contribution in [1.82, 2.24) is 0 Å². The first-order chi connectivity index (χ1) is 14.6. The van der Waals surface area contributed by atoms with Crippen molar-refractivity contribution in [2.24, 2.45) is 20.8 Å². The van der Waals surface area contributed by atoms with Crippen LogP contribution in [0.2, 0.25) is 0 Å². The molecule has 5 rings (SSSR count). The fraction of sp³-hybridized carbons (Fsp3) is 0.462. The van der Waals surface area contributed by atoms with E-state index in [1.165, 1.54) is 0 Å². The Morgan fingerprint density at radius 3 is 1.45 bits per heavy atom. The van der Waals surface area contributed by atoms with Gasteiger partial charge in [-0.25, -0.2) is 9.98 Å². The van der Waals surface area contributed by atoms with Crippen LogP contribution in [0, 0.1) is 10.8 Å². The monoisotopic (exact) mass is 418 g/mol. The number of fused-ring (bicyclic) bond motifs is 3. The Morgan fingerprint density at radius 2 is 1.10 bits per heavy atom. The summed E-state index contributed by atoms with van der Waals surface area (Å²) < 4.78 is 18.5. The standard InChI is InChI=1S/C26H30N2O3/c1-25(2,3)19-13-29-23(27-19)17-11-7-9-15-16-10-8-12-18(22(16)31-21(15)17)24-28-20(14-30-24)26(4,5)6/h7-12,19-20H,13-14H2,1-6H3. The summed E-state index contributed by atoms with van der Waals surface area (Å²) in [5.74, 6) is 1.32. The number of aliphatic imine (C=N–C) groups is 2. The summed E-state index contributed by atoms with van der Waals surface area (Å²) in [6.45, 7) is 14.3. The van der Waals surface area contributed by atoms with E-state index in [0.29, 0.717) is 25.0 Å². The Balaban J connectivity index is 1.64. The van der Waals surface area contributed by atoms with Gasteiger partial charge in [0.25, 0.3) is 0 Å². The molecule has 0 radical (unpaired) electrons. The third-order valence-corrected chi connectivity index (χ3v) is 6.29. The number of hydrogen-bond donors (Lipinski definition) is 0. The molecule has 2 unspecified atom stereocenters. The van der Waals surface area contributed by atoms with Gasteiger partial charge in [0.15, 0.2) is 0 Å². The highest BCUT2D eigenvalue weighted by molar-refractivity contribution is 6.17. The van der Waals surface area contributed by atoms with Crippen molar-refractivity contribution < 1.29 is 13.9 Å². The van der Waals surface area contributed by atoms with E-state index in [2.05, 4.69) is 53.7 Å². The van der Waals surface area contributed by atoms with Gasteiger partial charge in [0, 0.05) is 10.8 Å². The van der Waals surface area contributed by atoms with Gasteiger partial charge in [-0.2, -0.15) is 0 Å². The number of hydrogen-bond acceptors (Lipinski definition) is 5. The lowest BCUT2D eigenvalue weighted by Crippen LogP contribution is -2.25. The van der Waals surface area contributed by atoms with E-state index in [9.17, 15) is 0 Å². The Kier molecular flexibility index (Phi) is 4.44. The zero-order valence-electron chi connectivity index (χ0n) is 19.2. The molecular weight excluding hydrogens is 388 g/mol. The maximum atomic E-state index is 6.46. The van der Waals surface area contributed by atoms with Crippen LogP contribution in [0.4, 0.5) is 0 Å². The minimum atomic E-state index is 0.0538. The first-order valence-corrected chi connectivity index (χ1v) is 11.0. The fourth-order valence-corrected chi connectivity index (χ4v) is 4.09. The van der Waals surface area contributed by atoms with Crippen LogP contribution in [0.5, 0.6) is 0 Å². The van der Waals surface area contributed by atoms with Gasteiger partial charge in [0.1, 0.15) is 24.4 Å². The molecule has 162 valence electrons. The maximum Gasteiger partial charge on any atom is 0.220 e. The van der Waals surface area contributed by atoms with Crippen molar-refractivity contribution in [3.63, 3.8) is 0 Å². The Morgan fingerprint density at radius 1 is 0.677 bits per heavy atom. The van der Waals surface area contributed by atoms with Crippen molar-refractivity contribution in [2.45, 2.75) is 53.6 Å². The molecule has 3 heterocycles. The SMILES string of the molecule is CC(C)(C)C1COC(c2cccc3c2oc2c(C4=NC(C(C)(C)C)CO4)cccc23)=N1. The van der Waals surface area contributed by atoms with Gasteiger partial charge >= 0.3 is 0 Å². The van der Waals surface area contributed by atoms with E-state index in [-0.39, 0.29) is 22.9 Å². The zero-order chi connectivity index (χ0) is 22.0. The molecule has 5 nitrogen and oxygen atoms in total. The number of benzene rings is 2. The van der Waals surface area contributed by atoms with Crippen molar-refractivity contribution in [3.8, 4) is 0 Å². The summed E-state index contributed by atoms with van der Waals surface area (Å²) in [5, 5.41) is 2.09. The average molecular weight is 419 g/mol. The molecule has 0 N–H and O–H groups in total. The maximum absolute atomic E-state index is 6.46. The lowest BCUT2D eigenvalue weighted by atomic mass is 9.88. The molecule has 3 aromatic rings. The first kappa shape index (κ1) is 20.1. The van der Waals surface area contributed by atoms with Crippen LogP contribution in [0.3, 0.4) is 0 Å². The summed E-state index contributed by atoms with van der Waals surface area (Å²) in [5.41, 5.74) is 3.49. The smallest absolute Gasteiger partial charge is 0.220 e. The molecule has 0 saturated carbocycles. The molecule has 0 aliphatic carbocycles. The van der Waals surface area contributed by atoms with E-state index in [1.807, 2.05) is 24.3 Å². The number of furan rings is 1. The van der Waals surface area contributed by atoms with Gasteiger partial charge in [-0.05, 0) is 23.0 Å². The average Bonchev–Trinajstić information content (AvgIpc) is 3.43. The lowest BCUT2D eigenvalue weighted by molar-refractivity contribution is 0.235. The third-order valence-electron chi connectivity index (χ3n) is 6.29. The zero-order valence-corrected chi connectivity index (χ0v) is 19.2. The quantitative estimate of drug-likeness (QED) is 0.515. The molecule has 0 amide bonds. The molecule has 0 saturated heterocycles. The van der Waals surface area contributed by atoms with E-state index in [1.54, 1.807) is 0 Å². The predicted octanol–water partition coefficient (Wildman–Crippen LogP) is 5.97. The predicted molar refractivity (Wildman–Crippen MR) is 125 cm³/mol. The Hall–Kier alpha value is -2.82. The molecule has 0 fully saturated rings. The van der Waals surface area contributed by atoms with Crippen LogP contribution in [-0.2, 0) is 9.47 Å². The fourth-order valence-electron chi connectivity index (χ4n) is 4.09. The van der Waals surface area contributed by atoms with E-state index < -0.39 is 0 Å². The van der Waals surface area contributed by atoms with Gasteiger partial charge in [-0.1, -0.05) is 65.8 Å². The molecule has 2 aromatic carbocycles. The second-order valence-electron chi connectivity index (χ2n) is 10.7. The van der Waals surface area contributed by atoms with Gasteiger partial charge in [-0.15, -0.1) is 0 Å². The Bertz CT molecular complexity index is 1130. The first-order valence-electron chi connectivity index (χ1n) is 11.0. The summed E-state index contributed by atoms with van der Waals surface area (Å²) >= 11 is 0. The van der Waals surface area contributed by atoms with Gasteiger partial charge in [0.2, 0.25) is 11.8 Å². The number of para-hydroxylation sites is 2. The van der Waals surface area contributed by atoms with Crippen LogP contribution in [-0.4, -0.2) is 37.1 Å². The molecular formula is C26H30N2O3. The highest BCUT2D eigenvalue weighted by Gasteiger charge is 2.33. The minimum absolute atomic E-state index is 0.0538. The topological polar surface area (TPSA) is 56.3 Å². The van der Waals surface area contributed by atoms with Crippen LogP contribution >= 0.6 is 0 Å². The van der Waals surface area contributed by atoms with Crippen molar-refractivity contribution in [3.05, 3.63) is 47.5 Å². The van der Waals surface area contributed by atoms with Crippen LogP contribution < -0.4 is 0 Å². The summed E-state index contributed by atoms with van der Waals surface area (Å²) in [6, 6.07) is 12.5. The van der Waals surface area contributed by atoms with Crippen LogP contribution in [0.15, 0.2) is 50.8 Å². The molecule has 31 heavy (non-hydrogen) atoms. The molecule has 2 atom stereocenters. The van der Waals surface area contributed by atoms with E-state index in [0.717, 1.165) is 33.1 Å². The third kappa shape index (κ3) is 3.40. The van der Waals surface area contributed by atoms with E-state index >= 15 is 0 Å². The lowest BCUT2D eigenvalue weighted by Gasteiger charge is -2.21. The van der Waals surface area contributed by atoms with Crippen LogP contribution in [0.25, 0.3) is 21.9 Å². The highest BCUT2D eigenvalue weighted by Crippen LogP contribution is 2.36. The molecule has 2 aliphatic rings. The van der Waals surface area contributed by atoms with Crippen molar-refractivity contribution in [2.75, 3.05) is 13.2 Å². The molecule has 0 bridgehead atoms. The summed E-state index contributed by atoms with van der Waals surface area (Å²) in [6.07, 6.45) is 0. The largest absolute Gasteiger partial charge is 0.475 e. The highest BCUT2D eigenvalue weighted by atomic mass is 16.5. The minimum Gasteiger partial charge on any atom is -0.475 e. The van der Waals surface area contributed by atoms with E-state index in [4.69, 9.17) is 23.9 Å². The van der Waals surface area contributed by atoms with Gasteiger partial charge in [0.05, 0.1) is 23.2 Å². The van der Waals surface area contributed by atoms with Crippen molar-refractivity contribution >= 4 is 33.7 Å². The summed E-state index contributed by atoms with van der Waals surface area (Å²) in [4.78, 5) is 9.75. The number of nitrogens with zero attached hydrogens (tertiary/aromatic N) is 2. The normalized spacial score (nSPS) is 21.9. The number of ether oxygens (including phenoxy) is 2. The molecule has 2 aliphatic heterocycles. The molecule has 0 spiro atoms. The second kappa shape index (κ2) is 6.84. The van der Waals surface area contributed by atoms with Gasteiger partial charge in [-0.3, -0.25) is 0 Å². The second-order valence-corrected chi connectivity index (χ2v) is 10.7.